The first kappa shape index (κ1) is 66.4. The van der Waals surface area contributed by atoms with Gasteiger partial charge < -0.3 is 36.8 Å². The van der Waals surface area contributed by atoms with Crippen LogP contribution in [0.25, 0.3) is 21.9 Å². The number of azo groups is 2. The lowest BCUT2D eigenvalue weighted by atomic mass is 10.0. The van der Waals surface area contributed by atoms with Gasteiger partial charge in [0.15, 0.2) is 16.6 Å². The molecule has 0 aliphatic rings. The van der Waals surface area contributed by atoms with Gasteiger partial charge in [0.2, 0.25) is 17.8 Å². The van der Waals surface area contributed by atoms with Crippen molar-refractivity contribution >= 4 is 164 Å². The molecule has 40 heteroatoms. The molecule has 0 radical (unpaired) electrons. The Kier molecular flexibility index (Phi) is 19.3. The first-order chi connectivity index (χ1) is 41.5. The Morgan fingerprint density at radius 2 is 1.00 bits per heavy atom. The largest absolute Gasteiger partial charge is 0.392 e. The first-order valence-electron chi connectivity index (χ1n) is 24.5. The van der Waals surface area contributed by atoms with Crippen molar-refractivity contribution in [3.8, 4) is 23.3 Å². The lowest BCUT2D eigenvalue weighted by Gasteiger charge is -2.16. The molecule has 8 rings (SSSR count). The molecule has 0 saturated heterocycles. The van der Waals surface area contributed by atoms with Crippen LogP contribution in [-0.4, -0.2) is 120 Å². The van der Waals surface area contributed by atoms with E-state index in [1.807, 2.05) is 12.1 Å². The van der Waals surface area contributed by atoms with Crippen molar-refractivity contribution in [1.82, 2.24) is 19.9 Å². The van der Waals surface area contributed by atoms with Gasteiger partial charge in [-0.15, -0.1) is 20.5 Å². The van der Waals surface area contributed by atoms with Gasteiger partial charge in [0, 0.05) is 52.1 Å². The number of hydrogen-bond donors (Lipinski definition) is 12. The number of thiophene rings is 1. The average Bonchev–Trinajstić information content (AvgIpc) is 1.13. The number of hydrogen-bond acceptors (Lipinski definition) is 28. The van der Waals surface area contributed by atoms with Crippen LogP contribution >= 0.6 is 34.5 Å². The molecule has 0 bridgehead atoms. The molecule has 5 aromatic carbocycles. The summed E-state index contributed by atoms with van der Waals surface area (Å²) in [7, 11) is -26.1. The van der Waals surface area contributed by atoms with Crippen LogP contribution in [0.5, 0.6) is 0 Å². The second-order valence-electron chi connectivity index (χ2n) is 18.6. The summed E-state index contributed by atoms with van der Waals surface area (Å²) in [5.41, 5.74) is -1.29. The van der Waals surface area contributed by atoms with Crippen LogP contribution in [0.15, 0.2) is 130 Å². The zero-order valence-electron chi connectivity index (χ0n) is 45.0. The third kappa shape index (κ3) is 15.8. The molecular weight excluding hydrogens is 1330 g/mol. The van der Waals surface area contributed by atoms with Crippen molar-refractivity contribution in [3.63, 3.8) is 0 Å². The van der Waals surface area contributed by atoms with E-state index in [2.05, 4.69) is 67.0 Å². The standard InChI is InChI=1S/C49H41Cl2N15O17S6/c1-22(67)20-54-47-60-48(55-21-23(2)68)62-49(61-47)58-26-6-4-25(5-7-26)41-34(19-53)45(84-46(41)66-63-29-12-31-32(37(15-29)86(72,73)74)16-30(85(69,70)71)17-38(31)87(75,76)77)65-64-42-24(3)33(18-52)43(56-27-8-10-35(50)39(13-27)88(78,79)80)59-44(42)57-28-9-11-36(51)40(14-28)89(81,82)83/h4-17,22-23,67-68H,20-21H2,1-3H3,(H2,56,57,59)(H,69,70,71)(H,72,73,74)(H,75,76,77)(H,78,79,80)(H,81,82,83)(H3,54,55,58,60,61,62). The SMILES string of the molecule is Cc1c(C#N)c(Nc2ccc(Cl)c(S(=O)(=O)O)c2)nc(Nc2ccc(Cl)c(S(=O)(=O)O)c2)c1N=Nc1sc(N=Nc2cc(S(=O)(=O)O)c3cc(S(=O)(=O)O)cc(S(=O)(=O)O)c3c2)c(-c2ccc(Nc3nc(NCC(C)O)nc(NCC(C)O)n3)cc2)c1C#N. The maximum absolute atomic E-state index is 12.9. The lowest BCUT2D eigenvalue weighted by Crippen LogP contribution is -2.20. The van der Waals surface area contributed by atoms with Crippen molar-refractivity contribution in [2.24, 2.45) is 20.5 Å². The summed E-state index contributed by atoms with van der Waals surface area (Å²) in [5.74, 6) is -0.608. The Labute approximate surface area is 518 Å². The molecule has 2 atom stereocenters. The van der Waals surface area contributed by atoms with Gasteiger partial charge in [-0.05, 0) is 99.1 Å². The molecule has 464 valence electrons. The van der Waals surface area contributed by atoms with E-state index in [-0.39, 0.29) is 102 Å². The Bertz CT molecular complexity index is 4920. The highest BCUT2D eigenvalue weighted by atomic mass is 35.5. The summed E-state index contributed by atoms with van der Waals surface area (Å²) < 4.78 is 175. The number of halogens is 2. The highest BCUT2D eigenvalue weighted by Gasteiger charge is 2.28. The van der Waals surface area contributed by atoms with Crippen molar-refractivity contribution in [2.45, 2.75) is 57.5 Å². The van der Waals surface area contributed by atoms with E-state index in [9.17, 15) is 85.6 Å². The summed E-state index contributed by atoms with van der Waals surface area (Å²) >= 11 is 12.7. The van der Waals surface area contributed by atoms with Crippen molar-refractivity contribution in [3.05, 3.63) is 112 Å². The normalized spacial score (nSPS) is 13.1. The van der Waals surface area contributed by atoms with E-state index < -0.39 is 109 Å². The van der Waals surface area contributed by atoms with Gasteiger partial charge in [0.25, 0.3) is 50.6 Å². The van der Waals surface area contributed by atoms with Gasteiger partial charge >= 0.3 is 0 Å². The number of anilines is 8. The van der Waals surface area contributed by atoms with Crippen molar-refractivity contribution < 1.29 is 75.1 Å². The number of pyridine rings is 1. The van der Waals surface area contributed by atoms with E-state index in [1.54, 1.807) is 0 Å². The molecule has 0 aliphatic heterocycles. The number of aromatic nitrogens is 4. The fourth-order valence-corrected chi connectivity index (χ4v) is 13.0. The van der Waals surface area contributed by atoms with Crippen LogP contribution in [0, 0.1) is 29.6 Å². The molecular formula is C49H41Cl2N15O17S6. The van der Waals surface area contributed by atoms with E-state index >= 15 is 0 Å². The zero-order valence-corrected chi connectivity index (χ0v) is 51.5. The van der Waals surface area contributed by atoms with Gasteiger partial charge in [-0.25, -0.2) is 4.98 Å². The number of rotatable bonds is 22. The maximum atomic E-state index is 12.9. The van der Waals surface area contributed by atoms with Gasteiger partial charge in [0.05, 0.1) is 38.4 Å². The fraction of sp³-hybridized carbons (Fsp3) is 0.143. The minimum absolute atomic E-state index is 0.0291. The molecule has 2 unspecified atom stereocenters. The smallest absolute Gasteiger partial charge is 0.296 e. The maximum Gasteiger partial charge on any atom is 0.296 e. The summed E-state index contributed by atoms with van der Waals surface area (Å²) in [6.45, 7) is 4.50. The van der Waals surface area contributed by atoms with Gasteiger partial charge in [-0.2, -0.15) is 67.6 Å². The van der Waals surface area contributed by atoms with Crippen LogP contribution < -0.4 is 26.6 Å². The lowest BCUT2D eigenvalue weighted by molar-refractivity contribution is 0.208. The van der Waals surface area contributed by atoms with E-state index in [0.717, 1.165) is 30.3 Å². The van der Waals surface area contributed by atoms with E-state index in [4.69, 9.17) is 23.2 Å². The van der Waals surface area contributed by atoms with Gasteiger partial charge in [-0.3, -0.25) is 22.8 Å². The Morgan fingerprint density at radius 3 is 1.49 bits per heavy atom. The molecule has 8 aromatic rings. The Balaban J connectivity index is 1.32. The quantitative estimate of drug-likeness (QED) is 0.0222. The number of aliphatic hydroxyl groups is 2. The monoisotopic (exact) mass is 1370 g/mol. The molecule has 3 heterocycles. The second-order valence-corrected chi connectivity index (χ2v) is 27.4. The van der Waals surface area contributed by atoms with Crippen molar-refractivity contribution in [2.75, 3.05) is 39.7 Å². The Morgan fingerprint density at radius 1 is 0.528 bits per heavy atom. The average molecular weight is 1380 g/mol. The molecule has 3 aromatic heterocycles. The van der Waals surface area contributed by atoms with Crippen LogP contribution in [0.3, 0.4) is 0 Å². The summed E-state index contributed by atoms with van der Waals surface area (Å²) in [6, 6.07) is 18.8. The minimum atomic E-state index is -5.46. The molecule has 0 spiro atoms. The van der Waals surface area contributed by atoms with E-state index in [0.29, 0.717) is 35.2 Å². The number of benzene rings is 5. The minimum Gasteiger partial charge on any atom is -0.392 e. The third-order valence-corrected chi connectivity index (χ3v) is 18.2. The van der Waals surface area contributed by atoms with Gasteiger partial charge in [0.1, 0.15) is 48.0 Å². The number of nitrogens with one attached hydrogen (secondary N) is 5. The predicted molar refractivity (Wildman–Crippen MR) is 322 cm³/mol. The highest BCUT2D eigenvalue weighted by molar-refractivity contribution is 7.87. The number of nitriles is 2. The molecule has 32 nitrogen and oxygen atoms in total. The molecule has 0 amide bonds. The summed E-state index contributed by atoms with van der Waals surface area (Å²) in [5, 5.41) is 69.9. The topological polar surface area (TPSA) is 521 Å². The van der Waals surface area contributed by atoms with Crippen LogP contribution in [0.4, 0.5) is 67.9 Å². The zero-order chi connectivity index (χ0) is 65.3. The summed E-state index contributed by atoms with van der Waals surface area (Å²) in [6.07, 6.45) is -1.61. The van der Waals surface area contributed by atoms with Crippen LogP contribution in [-0.2, 0) is 50.6 Å². The molecule has 0 aliphatic carbocycles. The number of aliphatic hydroxyl groups excluding tert-OH is 2. The van der Waals surface area contributed by atoms with Crippen LogP contribution in [0.2, 0.25) is 10.0 Å². The van der Waals surface area contributed by atoms with Gasteiger partial charge in [-0.1, -0.05) is 46.7 Å². The summed E-state index contributed by atoms with van der Waals surface area (Å²) in [4.78, 5) is 12.3. The first-order valence-corrected chi connectivity index (χ1v) is 33.2. The van der Waals surface area contributed by atoms with Crippen molar-refractivity contribution in [1.29, 1.82) is 10.5 Å². The predicted octanol–water partition coefficient (Wildman–Crippen LogP) is 9.39. The second kappa shape index (κ2) is 25.9. The number of nitrogens with zero attached hydrogens (tertiary/aromatic N) is 10. The van der Waals surface area contributed by atoms with E-state index in [1.165, 1.54) is 57.2 Å². The van der Waals surface area contributed by atoms with Crippen LogP contribution in [0.1, 0.15) is 30.5 Å². The third-order valence-electron chi connectivity index (χ3n) is 11.9. The number of fused-ring (bicyclic) bond motifs is 1. The highest BCUT2D eigenvalue weighted by Crippen LogP contribution is 2.49. The fourth-order valence-electron chi connectivity index (χ4n) is 7.99. The molecule has 89 heavy (non-hydrogen) atoms. The molecule has 12 N–H and O–H groups in total. The Hall–Kier alpha value is -8.55. The molecule has 0 fully saturated rings. The molecule has 0 saturated carbocycles.